The van der Waals surface area contributed by atoms with Gasteiger partial charge in [-0.1, -0.05) is 24.3 Å². The Morgan fingerprint density at radius 2 is 1.82 bits per heavy atom. The third-order valence-electron chi connectivity index (χ3n) is 2.78. The number of ether oxygens (including phenoxy) is 1. The van der Waals surface area contributed by atoms with Gasteiger partial charge in [0.1, 0.15) is 5.75 Å². The quantitative estimate of drug-likeness (QED) is 0.780. The van der Waals surface area contributed by atoms with E-state index < -0.39 is 0 Å². The fraction of sp³-hybridized carbons (Fsp3) is 0.133. The maximum atomic E-state index is 9.14. The predicted octanol–water partition coefficient (Wildman–Crippen LogP) is 3.54. The van der Waals surface area contributed by atoms with Crippen molar-refractivity contribution in [2.24, 2.45) is 0 Å². The van der Waals surface area contributed by atoms with Crippen molar-refractivity contribution in [2.45, 2.75) is 6.92 Å². The molecule has 0 saturated carbocycles. The lowest BCUT2D eigenvalue weighted by Gasteiger charge is -2.09. The molecular formula is C15H13NO. The Morgan fingerprint density at radius 1 is 1.06 bits per heavy atom. The van der Waals surface area contributed by atoms with Crippen LogP contribution in [-0.2, 0) is 0 Å². The first-order chi connectivity index (χ1) is 8.26. The van der Waals surface area contributed by atoms with Crippen molar-refractivity contribution in [3.05, 3.63) is 53.6 Å². The average Bonchev–Trinajstić information content (AvgIpc) is 2.38. The molecule has 0 unspecified atom stereocenters. The van der Waals surface area contributed by atoms with Gasteiger partial charge in [0, 0.05) is 5.56 Å². The van der Waals surface area contributed by atoms with Crippen LogP contribution in [0.5, 0.6) is 5.75 Å². The van der Waals surface area contributed by atoms with Gasteiger partial charge in [-0.15, -0.1) is 0 Å². The third kappa shape index (κ3) is 2.14. The van der Waals surface area contributed by atoms with Crippen molar-refractivity contribution >= 4 is 0 Å². The minimum Gasteiger partial charge on any atom is -0.497 e. The van der Waals surface area contributed by atoms with Gasteiger partial charge in [-0.05, 0) is 36.2 Å². The molecule has 2 rings (SSSR count). The van der Waals surface area contributed by atoms with Crippen molar-refractivity contribution in [1.29, 1.82) is 5.26 Å². The monoisotopic (exact) mass is 223 g/mol. The van der Waals surface area contributed by atoms with Gasteiger partial charge in [-0.25, -0.2) is 0 Å². The molecule has 2 aromatic carbocycles. The van der Waals surface area contributed by atoms with Crippen molar-refractivity contribution in [1.82, 2.24) is 0 Å². The number of benzene rings is 2. The zero-order chi connectivity index (χ0) is 12.3. The number of nitriles is 1. The summed E-state index contributed by atoms with van der Waals surface area (Å²) in [5.74, 6) is 0.766. The Hall–Kier alpha value is -2.27. The third-order valence-corrected chi connectivity index (χ3v) is 2.78. The fourth-order valence-corrected chi connectivity index (χ4v) is 1.85. The summed E-state index contributed by atoms with van der Waals surface area (Å²) >= 11 is 0. The first-order valence-corrected chi connectivity index (χ1v) is 5.40. The second kappa shape index (κ2) is 4.71. The van der Waals surface area contributed by atoms with Gasteiger partial charge in [0.05, 0.1) is 18.7 Å². The largest absolute Gasteiger partial charge is 0.497 e. The molecule has 0 spiro atoms. The summed E-state index contributed by atoms with van der Waals surface area (Å²) in [5.41, 5.74) is 3.81. The molecule has 0 atom stereocenters. The summed E-state index contributed by atoms with van der Waals surface area (Å²) < 4.78 is 5.21. The molecule has 0 aromatic heterocycles. The van der Waals surface area contributed by atoms with Crippen LogP contribution >= 0.6 is 0 Å². The van der Waals surface area contributed by atoms with Crippen molar-refractivity contribution in [2.75, 3.05) is 7.11 Å². The van der Waals surface area contributed by atoms with Gasteiger partial charge >= 0.3 is 0 Å². The van der Waals surface area contributed by atoms with Crippen LogP contribution < -0.4 is 4.74 Å². The van der Waals surface area contributed by atoms with Crippen LogP contribution in [0.25, 0.3) is 11.1 Å². The second-order valence-corrected chi connectivity index (χ2v) is 3.84. The molecule has 0 bridgehead atoms. The van der Waals surface area contributed by atoms with E-state index in [2.05, 4.69) is 6.07 Å². The number of hydrogen-bond donors (Lipinski definition) is 0. The SMILES string of the molecule is COc1ccc(C#N)c(-c2ccccc2C)c1. The number of methoxy groups -OCH3 is 1. The minimum atomic E-state index is 0.667. The number of hydrogen-bond acceptors (Lipinski definition) is 2. The molecule has 0 aliphatic carbocycles. The van der Waals surface area contributed by atoms with E-state index in [1.165, 1.54) is 0 Å². The molecule has 17 heavy (non-hydrogen) atoms. The zero-order valence-corrected chi connectivity index (χ0v) is 9.90. The molecule has 84 valence electrons. The maximum absolute atomic E-state index is 9.14. The van der Waals surface area contributed by atoms with Crippen LogP contribution in [0.4, 0.5) is 0 Å². The number of nitrogens with zero attached hydrogens (tertiary/aromatic N) is 1. The molecule has 0 heterocycles. The topological polar surface area (TPSA) is 33.0 Å². The molecule has 0 fully saturated rings. The molecule has 0 saturated heterocycles. The van der Waals surface area contributed by atoms with E-state index in [4.69, 9.17) is 10.00 Å². The number of aryl methyl sites for hydroxylation is 1. The van der Waals surface area contributed by atoms with Gasteiger partial charge in [0.2, 0.25) is 0 Å². The average molecular weight is 223 g/mol. The molecule has 0 radical (unpaired) electrons. The lowest BCUT2D eigenvalue weighted by Crippen LogP contribution is -1.90. The van der Waals surface area contributed by atoms with Gasteiger partial charge in [0.25, 0.3) is 0 Å². The molecule has 0 aliphatic rings. The van der Waals surface area contributed by atoms with E-state index in [1.54, 1.807) is 19.2 Å². The lowest BCUT2D eigenvalue weighted by molar-refractivity contribution is 0.415. The Bertz CT molecular complexity index is 582. The van der Waals surface area contributed by atoms with Crippen molar-refractivity contribution in [3.8, 4) is 22.9 Å². The van der Waals surface area contributed by atoms with Gasteiger partial charge < -0.3 is 4.74 Å². The smallest absolute Gasteiger partial charge is 0.119 e. The van der Waals surface area contributed by atoms with Crippen molar-refractivity contribution < 1.29 is 4.74 Å². The first-order valence-electron chi connectivity index (χ1n) is 5.40. The van der Waals surface area contributed by atoms with E-state index in [1.807, 2.05) is 37.3 Å². The second-order valence-electron chi connectivity index (χ2n) is 3.84. The van der Waals surface area contributed by atoms with E-state index in [0.29, 0.717) is 5.56 Å². The molecule has 2 heteroatoms. The summed E-state index contributed by atoms with van der Waals surface area (Å²) in [4.78, 5) is 0. The van der Waals surface area contributed by atoms with Crippen LogP contribution in [0, 0.1) is 18.3 Å². The van der Waals surface area contributed by atoms with Gasteiger partial charge in [-0.2, -0.15) is 5.26 Å². The normalized spacial score (nSPS) is 9.71. The van der Waals surface area contributed by atoms with Crippen LogP contribution in [0.15, 0.2) is 42.5 Å². The Labute approximate surface area is 101 Å². The number of rotatable bonds is 2. The Morgan fingerprint density at radius 3 is 2.47 bits per heavy atom. The van der Waals surface area contributed by atoms with E-state index in [9.17, 15) is 0 Å². The molecular weight excluding hydrogens is 210 g/mol. The Balaban J connectivity index is 2.66. The standard InChI is InChI=1S/C15H13NO/c1-11-5-3-4-6-14(11)15-9-13(17-2)8-7-12(15)10-16/h3-9H,1-2H3. The van der Waals surface area contributed by atoms with Gasteiger partial charge in [0.15, 0.2) is 0 Å². The highest BCUT2D eigenvalue weighted by Crippen LogP contribution is 2.29. The van der Waals surface area contributed by atoms with Crippen LogP contribution in [0.1, 0.15) is 11.1 Å². The van der Waals surface area contributed by atoms with Crippen LogP contribution in [0.3, 0.4) is 0 Å². The summed E-state index contributed by atoms with van der Waals surface area (Å²) in [6, 6.07) is 15.7. The minimum absolute atomic E-state index is 0.667. The summed E-state index contributed by atoms with van der Waals surface area (Å²) in [7, 11) is 1.63. The van der Waals surface area contributed by atoms with E-state index in [-0.39, 0.29) is 0 Å². The lowest BCUT2D eigenvalue weighted by atomic mass is 9.96. The molecule has 2 nitrogen and oxygen atoms in total. The van der Waals surface area contributed by atoms with Crippen LogP contribution in [-0.4, -0.2) is 7.11 Å². The van der Waals surface area contributed by atoms with E-state index >= 15 is 0 Å². The summed E-state index contributed by atoms with van der Waals surface area (Å²) in [6.45, 7) is 2.04. The van der Waals surface area contributed by atoms with Crippen LogP contribution in [0.2, 0.25) is 0 Å². The molecule has 0 aliphatic heterocycles. The predicted molar refractivity (Wildman–Crippen MR) is 67.9 cm³/mol. The zero-order valence-electron chi connectivity index (χ0n) is 9.90. The molecule has 0 N–H and O–H groups in total. The van der Waals surface area contributed by atoms with E-state index in [0.717, 1.165) is 22.4 Å². The maximum Gasteiger partial charge on any atom is 0.119 e. The van der Waals surface area contributed by atoms with Gasteiger partial charge in [-0.3, -0.25) is 0 Å². The highest BCUT2D eigenvalue weighted by Gasteiger charge is 2.08. The highest BCUT2D eigenvalue weighted by atomic mass is 16.5. The first kappa shape index (κ1) is 11.2. The highest BCUT2D eigenvalue weighted by molar-refractivity contribution is 5.74. The molecule has 2 aromatic rings. The summed E-state index contributed by atoms with van der Waals surface area (Å²) in [5, 5.41) is 9.14. The van der Waals surface area contributed by atoms with Crippen molar-refractivity contribution in [3.63, 3.8) is 0 Å². The summed E-state index contributed by atoms with van der Waals surface area (Å²) in [6.07, 6.45) is 0. The Kier molecular flexibility index (Phi) is 3.11. The molecule has 0 amide bonds. The fourth-order valence-electron chi connectivity index (χ4n) is 1.85.